The van der Waals surface area contributed by atoms with Gasteiger partial charge in [0.15, 0.2) is 0 Å². The van der Waals surface area contributed by atoms with Gasteiger partial charge in [0.05, 0.1) is 17.6 Å². The summed E-state index contributed by atoms with van der Waals surface area (Å²) in [6.07, 6.45) is 0. The van der Waals surface area contributed by atoms with Crippen LogP contribution in [-0.2, 0) is 13.1 Å². The fraction of sp³-hybridized carbons (Fsp3) is 0.417. The topological polar surface area (TPSA) is 21.1 Å². The third-order valence-corrected chi connectivity index (χ3v) is 3.73. The molecule has 0 spiro atoms. The van der Waals surface area contributed by atoms with E-state index < -0.39 is 0 Å². The van der Waals surface area contributed by atoms with E-state index in [1.165, 1.54) is 11.3 Å². The molecule has 0 saturated carbocycles. The van der Waals surface area contributed by atoms with Crippen molar-refractivity contribution in [3.8, 4) is 0 Å². The summed E-state index contributed by atoms with van der Waals surface area (Å²) in [7, 11) is 0. The van der Waals surface area contributed by atoms with E-state index in [1.807, 2.05) is 0 Å². The second kappa shape index (κ2) is 3.86. The van der Waals surface area contributed by atoms with Gasteiger partial charge in [-0.25, -0.2) is 4.98 Å². The average molecular weight is 280 g/mol. The van der Waals surface area contributed by atoms with Gasteiger partial charge in [-0.3, -0.25) is 4.90 Å². The first-order chi connectivity index (χ1) is 7.78. The van der Waals surface area contributed by atoms with Crippen molar-refractivity contribution < 1.29 is 0 Å². The molecule has 0 bridgehead atoms. The van der Waals surface area contributed by atoms with E-state index in [4.69, 9.17) is 4.98 Å². The summed E-state index contributed by atoms with van der Waals surface area (Å²) < 4.78 is 3.44. The largest absolute Gasteiger partial charge is 0.326 e. The van der Waals surface area contributed by atoms with Crippen LogP contribution in [0, 0.1) is 0 Å². The van der Waals surface area contributed by atoms with Crippen molar-refractivity contribution in [2.24, 2.45) is 0 Å². The summed E-state index contributed by atoms with van der Waals surface area (Å²) in [5, 5.41) is 0. The lowest BCUT2D eigenvalue weighted by molar-refractivity contribution is 0.230. The van der Waals surface area contributed by atoms with Gasteiger partial charge in [-0.2, -0.15) is 0 Å². The molecule has 3 rings (SSSR count). The van der Waals surface area contributed by atoms with Crippen LogP contribution in [0.25, 0.3) is 11.0 Å². The number of likely N-dealkylation sites (N-methyl/N-ethyl adjacent to an activating group) is 1. The molecule has 1 aliphatic rings. The lowest BCUT2D eigenvalue weighted by Gasteiger charge is -2.26. The Hall–Kier alpha value is -0.870. The summed E-state index contributed by atoms with van der Waals surface area (Å²) in [5.74, 6) is 1.20. The molecule has 84 valence electrons. The maximum Gasteiger partial charge on any atom is 0.124 e. The first-order valence-electron chi connectivity index (χ1n) is 5.65. The monoisotopic (exact) mass is 279 g/mol. The molecule has 1 aromatic heterocycles. The van der Waals surface area contributed by atoms with Gasteiger partial charge in [-0.1, -0.05) is 22.9 Å². The summed E-state index contributed by atoms with van der Waals surface area (Å²) in [5.41, 5.74) is 2.36. The second-order valence-electron chi connectivity index (χ2n) is 4.18. The molecule has 1 aromatic carbocycles. The van der Waals surface area contributed by atoms with Gasteiger partial charge in [0.25, 0.3) is 0 Å². The Morgan fingerprint density at radius 1 is 1.38 bits per heavy atom. The zero-order valence-corrected chi connectivity index (χ0v) is 10.9. The molecule has 0 amide bonds. The first kappa shape index (κ1) is 10.3. The molecule has 2 heterocycles. The van der Waals surface area contributed by atoms with Crippen LogP contribution in [0.4, 0.5) is 0 Å². The molecule has 0 fully saturated rings. The molecular formula is C12H14BrN3. The Morgan fingerprint density at radius 2 is 2.25 bits per heavy atom. The second-order valence-corrected chi connectivity index (χ2v) is 5.10. The normalized spacial score (nSPS) is 16.6. The number of imidazole rings is 1. The van der Waals surface area contributed by atoms with Crippen LogP contribution in [0.2, 0.25) is 0 Å². The van der Waals surface area contributed by atoms with Crippen LogP contribution < -0.4 is 0 Å². The highest BCUT2D eigenvalue weighted by atomic mass is 79.9. The van der Waals surface area contributed by atoms with E-state index in [-0.39, 0.29) is 0 Å². The third-order valence-electron chi connectivity index (χ3n) is 3.24. The first-order valence-corrected chi connectivity index (χ1v) is 6.44. The number of nitrogens with zero attached hydrogens (tertiary/aromatic N) is 3. The van der Waals surface area contributed by atoms with Crippen LogP contribution in [-0.4, -0.2) is 27.5 Å². The SMILES string of the molecule is CCN1CCn2c(nc3cc(Br)ccc32)C1. The standard InChI is InChI=1S/C12H14BrN3/c1-2-15-5-6-16-11-4-3-9(13)7-10(11)14-12(16)8-15/h3-4,7H,2,5-6,8H2,1H3. The van der Waals surface area contributed by atoms with Gasteiger partial charge in [-0.05, 0) is 24.7 Å². The number of fused-ring (bicyclic) bond motifs is 3. The van der Waals surface area contributed by atoms with Crippen LogP contribution in [0.15, 0.2) is 22.7 Å². The van der Waals surface area contributed by atoms with E-state index in [9.17, 15) is 0 Å². The van der Waals surface area contributed by atoms with E-state index in [0.717, 1.165) is 36.2 Å². The van der Waals surface area contributed by atoms with Crippen molar-refractivity contribution >= 4 is 27.0 Å². The van der Waals surface area contributed by atoms with Crippen LogP contribution in [0.3, 0.4) is 0 Å². The van der Waals surface area contributed by atoms with Crippen LogP contribution in [0.5, 0.6) is 0 Å². The van der Waals surface area contributed by atoms with Gasteiger partial charge in [0.2, 0.25) is 0 Å². The van der Waals surface area contributed by atoms with Crippen molar-refractivity contribution in [1.29, 1.82) is 0 Å². The predicted molar refractivity (Wildman–Crippen MR) is 68.4 cm³/mol. The number of halogens is 1. The predicted octanol–water partition coefficient (Wildman–Crippen LogP) is 2.63. The van der Waals surface area contributed by atoms with Gasteiger partial charge in [0, 0.05) is 17.6 Å². The maximum atomic E-state index is 4.70. The fourth-order valence-electron chi connectivity index (χ4n) is 2.31. The number of hydrogen-bond donors (Lipinski definition) is 0. The van der Waals surface area contributed by atoms with Crippen molar-refractivity contribution in [2.75, 3.05) is 13.1 Å². The summed E-state index contributed by atoms with van der Waals surface area (Å²) in [4.78, 5) is 7.13. The molecule has 1 aliphatic heterocycles. The zero-order valence-electron chi connectivity index (χ0n) is 9.28. The number of benzene rings is 1. The minimum atomic E-state index is 0.975. The zero-order chi connectivity index (χ0) is 11.1. The lowest BCUT2D eigenvalue weighted by Crippen LogP contribution is -2.33. The van der Waals surface area contributed by atoms with E-state index in [0.29, 0.717) is 0 Å². The Morgan fingerprint density at radius 3 is 3.06 bits per heavy atom. The third kappa shape index (κ3) is 1.57. The average Bonchev–Trinajstić information content (AvgIpc) is 2.64. The summed E-state index contributed by atoms with van der Waals surface area (Å²) >= 11 is 3.49. The van der Waals surface area contributed by atoms with E-state index in [1.54, 1.807) is 0 Å². The minimum Gasteiger partial charge on any atom is -0.326 e. The molecule has 0 saturated heterocycles. The smallest absolute Gasteiger partial charge is 0.124 e. The Bertz CT molecular complexity index is 532. The molecule has 0 unspecified atom stereocenters. The van der Waals surface area contributed by atoms with Gasteiger partial charge >= 0.3 is 0 Å². The Kier molecular flexibility index (Phi) is 2.48. The molecule has 3 nitrogen and oxygen atoms in total. The van der Waals surface area contributed by atoms with Crippen LogP contribution >= 0.6 is 15.9 Å². The van der Waals surface area contributed by atoms with Crippen LogP contribution in [0.1, 0.15) is 12.7 Å². The molecule has 2 aromatic rings. The van der Waals surface area contributed by atoms with E-state index in [2.05, 4.69) is 50.5 Å². The van der Waals surface area contributed by atoms with Crippen molar-refractivity contribution in [3.63, 3.8) is 0 Å². The molecular weight excluding hydrogens is 266 g/mol. The Balaban J connectivity index is 2.12. The lowest BCUT2D eigenvalue weighted by atomic mass is 10.3. The van der Waals surface area contributed by atoms with Gasteiger partial charge in [-0.15, -0.1) is 0 Å². The number of rotatable bonds is 1. The molecule has 4 heteroatoms. The number of aromatic nitrogens is 2. The summed E-state index contributed by atoms with van der Waals surface area (Å²) in [6, 6.07) is 6.33. The van der Waals surface area contributed by atoms with Crippen molar-refractivity contribution in [1.82, 2.24) is 14.5 Å². The molecule has 0 atom stereocenters. The van der Waals surface area contributed by atoms with Gasteiger partial charge < -0.3 is 4.57 Å². The van der Waals surface area contributed by atoms with Crippen molar-refractivity contribution in [3.05, 3.63) is 28.5 Å². The number of hydrogen-bond acceptors (Lipinski definition) is 2. The van der Waals surface area contributed by atoms with Gasteiger partial charge in [0.1, 0.15) is 5.82 Å². The molecule has 16 heavy (non-hydrogen) atoms. The van der Waals surface area contributed by atoms with E-state index >= 15 is 0 Å². The summed E-state index contributed by atoms with van der Waals surface area (Å²) in [6.45, 7) is 6.47. The van der Waals surface area contributed by atoms with Crippen molar-refractivity contribution in [2.45, 2.75) is 20.0 Å². The molecule has 0 radical (unpaired) electrons. The Labute approximate surface area is 103 Å². The highest BCUT2D eigenvalue weighted by molar-refractivity contribution is 9.10. The molecule has 0 aliphatic carbocycles. The quantitative estimate of drug-likeness (QED) is 0.800. The molecule has 0 N–H and O–H groups in total. The fourth-order valence-corrected chi connectivity index (χ4v) is 2.66. The highest BCUT2D eigenvalue weighted by Crippen LogP contribution is 2.23. The maximum absolute atomic E-state index is 4.70. The highest BCUT2D eigenvalue weighted by Gasteiger charge is 2.18. The minimum absolute atomic E-state index is 0.975.